The van der Waals surface area contributed by atoms with Gasteiger partial charge < -0.3 is 15.9 Å². The number of aryl methyl sites for hydroxylation is 1. The van der Waals surface area contributed by atoms with Crippen LogP contribution in [0, 0.1) is 41.4 Å². The van der Waals surface area contributed by atoms with Crippen LogP contribution in [0.4, 0.5) is 0 Å². The van der Waals surface area contributed by atoms with Gasteiger partial charge in [-0.25, -0.2) is 0 Å². The number of benzene rings is 2. The lowest BCUT2D eigenvalue weighted by Gasteiger charge is -2.52. The summed E-state index contributed by atoms with van der Waals surface area (Å²) in [6.45, 7) is 5.58. The quantitative estimate of drug-likeness (QED) is 0.404. The molecule has 1 amide bonds. The van der Waals surface area contributed by atoms with Crippen LogP contribution in [0.5, 0.6) is 5.75 Å². The number of Topliss-reactive ketones (excluding diaryl/α,β-unsaturated/α-hetero) is 4. The molecule has 6 atom stereocenters. The van der Waals surface area contributed by atoms with Crippen molar-refractivity contribution in [1.29, 1.82) is 0 Å². The third-order valence-corrected chi connectivity index (χ3v) is 11.3. The summed E-state index contributed by atoms with van der Waals surface area (Å²) in [5.74, 6) is -10.7. The summed E-state index contributed by atoms with van der Waals surface area (Å²) >= 11 is 0. The second-order valence-electron chi connectivity index (χ2n) is 14.2. The number of amides is 1. The number of primary amides is 1. The molecule has 2 unspecified atom stereocenters. The molecule has 4 aliphatic carbocycles. The maximum Gasteiger partial charge on any atom is 0.235 e. The Labute approximate surface area is 263 Å². The van der Waals surface area contributed by atoms with Crippen molar-refractivity contribution in [2.24, 2.45) is 47.2 Å². The highest BCUT2D eigenvalue weighted by atomic mass is 16.3. The highest BCUT2D eigenvalue weighted by Crippen LogP contribution is 2.54. The van der Waals surface area contributed by atoms with Crippen molar-refractivity contribution in [3.05, 3.63) is 52.6 Å². The number of nitrogens with two attached hydrogens (primary N) is 1. The van der Waals surface area contributed by atoms with Crippen LogP contribution in [0.2, 0.25) is 0 Å². The smallest absolute Gasteiger partial charge is 0.235 e. The number of hydrogen-bond acceptors (Lipinski definition) is 7. The third-order valence-electron chi connectivity index (χ3n) is 11.3. The van der Waals surface area contributed by atoms with Gasteiger partial charge in [0.15, 0.2) is 34.7 Å². The summed E-state index contributed by atoms with van der Waals surface area (Å²) < 4.78 is 0. The standard InChI is InChI=1S/C37H43NO7/c1-4-21-11-10-20(14-19-8-6-5-7-9-19)15-24(21)23-12-13-27(39)30-25(23)16-22-17-26-28(18(2)3)32(40)31(36(38)44)35(43)37(26,45)34(42)29(22)33(30)41/h10-13,15,18-19,22,26,28-29,31,39,45H,4-9,14,16-17H2,1-3H3,(H2,38,44)/t22-,26-,28-,29?,31?,37-/m0/s1. The molecule has 4 aliphatic rings. The lowest BCUT2D eigenvalue weighted by Crippen LogP contribution is -2.71. The fraction of sp³-hybridized carbons (Fsp3) is 0.541. The molecular formula is C37H43NO7. The van der Waals surface area contributed by atoms with Gasteiger partial charge in [-0.1, -0.05) is 77.1 Å². The molecular weight excluding hydrogens is 570 g/mol. The number of aliphatic hydroxyl groups is 1. The number of phenols is 1. The molecule has 0 bridgehead atoms. The summed E-state index contributed by atoms with van der Waals surface area (Å²) in [7, 11) is 0. The zero-order valence-electron chi connectivity index (χ0n) is 26.3. The van der Waals surface area contributed by atoms with E-state index in [2.05, 4.69) is 25.1 Å². The number of ketones is 4. The normalized spacial score (nSPS) is 30.2. The van der Waals surface area contributed by atoms with E-state index in [4.69, 9.17) is 5.73 Å². The predicted molar refractivity (Wildman–Crippen MR) is 167 cm³/mol. The van der Waals surface area contributed by atoms with Gasteiger partial charge in [0.2, 0.25) is 5.91 Å². The van der Waals surface area contributed by atoms with Crippen LogP contribution in [0.3, 0.4) is 0 Å². The van der Waals surface area contributed by atoms with Gasteiger partial charge in [-0.05, 0) is 77.3 Å². The molecule has 2 aromatic carbocycles. The van der Waals surface area contributed by atoms with E-state index in [9.17, 15) is 34.2 Å². The van der Waals surface area contributed by atoms with Gasteiger partial charge in [-0.3, -0.25) is 24.0 Å². The second-order valence-corrected chi connectivity index (χ2v) is 14.2. The molecule has 3 fully saturated rings. The second kappa shape index (κ2) is 11.6. The van der Waals surface area contributed by atoms with Gasteiger partial charge in [0, 0.05) is 11.8 Å². The lowest BCUT2D eigenvalue weighted by molar-refractivity contribution is -0.182. The average molecular weight is 614 g/mol. The van der Waals surface area contributed by atoms with Gasteiger partial charge in [-0.2, -0.15) is 0 Å². The Morgan fingerprint density at radius 2 is 1.71 bits per heavy atom. The van der Waals surface area contributed by atoms with Gasteiger partial charge in [0.25, 0.3) is 0 Å². The summed E-state index contributed by atoms with van der Waals surface area (Å²) in [5, 5.41) is 22.9. The summed E-state index contributed by atoms with van der Waals surface area (Å²) in [6, 6.07) is 9.86. The minimum atomic E-state index is -2.69. The monoisotopic (exact) mass is 613 g/mol. The molecule has 8 nitrogen and oxygen atoms in total. The Bertz CT molecular complexity index is 1600. The van der Waals surface area contributed by atoms with E-state index < -0.39 is 70.1 Å². The van der Waals surface area contributed by atoms with Crippen molar-refractivity contribution < 1.29 is 34.2 Å². The molecule has 0 radical (unpaired) electrons. The van der Waals surface area contributed by atoms with E-state index in [1.165, 1.54) is 43.7 Å². The molecule has 0 spiro atoms. The van der Waals surface area contributed by atoms with Gasteiger partial charge >= 0.3 is 0 Å². The minimum absolute atomic E-state index is 0.0371. The maximum atomic E-state index is 14.2. The maximum absolute atomic E-state index is 14.2. The Morgan fingerprint density at radius 1 is 1.00 bits per heavy atom. The SMILES string of the molecule is CCc1ccc(CC2CCCCC2)cc1-c1ccc(O)c2c1C[C@H]1C[C@H]3[C@H](C(C)C)C(=O)C(C(N)=O)C(=O)[C@@]3(O)C(=O)C1C2=O. The van der Waals surface area contributed by atoms with Crippen molar-refractivity contribution in [3.63, 3.8) is 0 Å². The Kier molecular flexibility index (Phi) is 8.09. The highest BCUT2D eigenvalue weighted by molar-refractivity contribution is 6.32. The van der Waals surface area contributed by atoms with Crippen molar-refractivity contribution in [1.82, 2.24) is 0 Å². The number of phenolic OH excluding ortho intramolecular Hbond substituents is 1. The van der Waals surface area contributed by atoms with E-state index in [1.54, 1.807) is 13.8 Å². The van der Waals surface area contributed by atoms with Crippen molar-refractivity contribution in [2.75, 3.05) is 0 Å². The fourth-order valence-corrected chi connectivity index (χ4v) is 9.14. The molecule has 0 aromatic heterocycles. The van der Waals surface area contributed by atoms with E-state index in [0.717, 1.165) is 29.5 Å². The number of carbonyl (C=O) groups is 5. The van der Waals surface area contributed by atoms with Crippen LogP contribution in [-0.2, 0) is 38.4 Å². The third kappa shape index (κ3) is 4.87. The first-order chi connectivity index (χ1) is 21.4. The molecule has 45 heavy (non-hydrogen) atoms. The summed E-state index contributed by atoms with van der Waals surface area (Å²) in [6.07, 6.45) is 8.34. The first-order valence-electron chi connectivity index (χ1n) is 16.5. The number of rotatable bonds is 6. The van der Waals surface area contributed by atoms with Crippen molar-refractivity contribution >= 4 is 29.0 Å². The van der Waals surface area contributed by atoms with Crippen LogP contribution < -0.4 is 5.73 Å². The van der Waals surface area contributed by atoms with Gasteiger partial charge in [0.1, 0.15) is 5.75 Å². The number of aromatic hydroxyl groups is 1. The first-order valence-corrected chi connectivity index (χ1v) is 16.5. The highest BCUT2D eigenvalue weighted by Gasteiger charge is 2.69. The molecule has 0 saturated heterocycles. The molecule has 8 heteroatoms. The van der Waals surface area contributed by atoms with Crippen LogP contribution in [0.15, 0.2) is 30.3 Å². The van der Waals surface area contributed by atoms with Crippen LogP contribution >= 0.6 is 0 Å². The number of hydrogen-bond donors (Lipinski definition) is 3. The van der Waals surface area contributed by atoms with Crippen LogP contribution in [0.25, 0.3) is 11.1 Å². The van der Waals surface area contributed by atoms with Crippen molar-refractivity contribution in [2.45, 2.75) is 84.2 Å². The molecule has 4 N–H and O–H groups in total. The minimum Gasteiger partial charge on any atom is -0.507 e. The van der Waals surface area contributed by atoms with E-state index >= 15 is 0 Å². The molecule has 2 aromatic rings. The topological polar surface area (TPSA) is 152 Å². The predicted octanol–water partition coefficient (Wildman–Crippen LogP) is 4.56. The Balaban J connectivity index is 1.44. The zero-order chi connectivity index (χ0) is 32.4. The van der Waals surface area contributed by atoms with E-state index in [-0.39, 0.29) is 24.2 Å². The Morgan fingerprint density at radius 3 is 2.36 bits per heavy atom. The van der Waals surface area contributed by atoms with Crippen LogP contribution in [0.1, 0.15) is 86.3 Å². The summed E-state index contributed by atoms with van der Waals surface area (Å²) in [5.41, 5.74) is 7.60. The summed E-state index contributed by atoms with van der Waals surface area (Å²) in [4.78, 5) is 67.6. The molecule has 6 rings (SSSR count). The number of fused-ring (bicyclic) bond motifs is 3. The average Bonchev–Trinajstić information content (AvgIpc) is 2.99. The first kappa shape index (κ1) is 31.3. The van der Waals surface area contributed by atoms with E-state index in [0.29, 0.717) is 11.5 Å². The largest absolute Gasteiger partial charge is 0.507 e. The van der Waals surface area contributed by atoms with Crippen LogP contribution in [-0.4, -0.2) is 44.9 Å². The van der Waals surface area contributed by atoms with Gasteiger partial charge in [-0.15, -0.1) is 0 Å². The lowest BCUT2D eigenvalue weighted by atomic mass is 9.49. The Hall–Kier alpha value is -3.65. The molecule has 238 valence electrons. The fourth-order valence-electron chi connectivity index (χ4n) is 9.14. The van der Waals surface area contributed by atoms with Crippen molar-refractivity contribution in [3.8, 4) is 16.9 Å². The molecule has 0 heterocycles. The van der Waals surface area contributed by atoms with Gasteiger partial charge in [0.05, 0.1) is 11.5 Å². The van der Waals surface area contributed by atoms with E-state index in [1.807, 2.05) is 6.07 Å². The number of carbonyl (C=O) groups excluding carboxylic acids is 5. The zero-order valence-corrected chi connectivity index (χ0v) is 26.3. The molecule has 0 aliphatic heterocycles. The molecule has 3 saturated carbocycles.